The zero-order chi connectivity index (χ0) is 21.7. The number of aliphatic hydroxyl groups is 1. The zero-order valence-electron chi connectivity index (χ0n) is 17.3. The van der Waals surface area contributed by atoms with E-state index in [1.165, 1.54) is 0 Å². The maximum Gasteiger partial charge on any atom is 0.227 e. The molecular weight excluding hydrogens is 388 g/mol. The Hall–Kier alpha value is -3.44. The van der Waals surface area contributed by atoms with Gasteiger partial charge in [0, 0.05) is 6.42 Å². The van der Waals surface area contributed by atoms with Crippen molar-refractivity contribution < 1.29 is 14.3 Å². The van der Waals surface area contributed by atoms with Crippen LogP contribution >= 0.6 is 0 Å². The van der Waals surface area contributed by atoms with Crippen LogP contribution in [-0.4, -0.2) is 16.0 Å². The van der Waals surface area contributed by atoms with Crippen LogP contribution in [0.2, 0.25) is 0 Å². The molecule has 158 valence electrons. The van der Waals surface area contributed by atoms with Gasteiger partial charge in [-0.15, -0.1) is 0 Å². The Labute approximate surface area is 181 Å². The standard InChI is InChI=1S/C26H26N2O3/c27-24(29)17-21(20-11-5-2-6-12-20)18-26(30,16-15-19-9-3-1-4-10-19)25-28-22-13-7-8-14-23(22)31-25/h1-14,21,30H,15-18H2,(H2,27,29). The first-order valence-electron chi connectivity index (χ1n) is 10.5. The molecule has 0 saturated heterocycles. The number of carbonyl (C=O) groups is 1. The second-order valence-electron chi connectivity index (χ2n) is 7.99. The van der Waals surface area contributed by atoms with Crippen molar-refractivity contribution in [3.05, 3.63) is 102 Å². The Balaban J connectivity index is 1.70. The Morgan fingerprint density at radius 2 is 1.61 bits per heavy atom. The molecule has 3 aromatic carbocycles. The van der Waals surface area contributed by atoms with Gasteiger partial charge < -0.3 is 15.3 Å². The molecule has 0 aliphatic rings. The molecule has 3 N–H and O–H groups in total. The van der Waals surface area contributed by atoms with E-state index in [9.17, 15) is 9.90 Å². The van der Waals surface area contributed by atoms with Crippen molar-refractivity contribution in [3.8, 4) is 0 Å². The number of hydrogen-bond donors (Lipinski definition) is 2. The third-order valence-corrected chi connectivity index (χ3v) is 5.66. The highest BCUT2D eigenvalue weighted by Crippen LogP contribution is 2.39. The van der Waals surface area contributed by atoms with Crippen LogP contribution in [0.3, 0.4) is 0 Å². The average Bonchev–Trinajstić information content (AvgIpc) is 3.24. The van der Waals surface area contributed by atoms with Crippen LogP contribution in [0.25, 0.3) is 11.1 Å². The van der Waals surface area contributed by atoms with Gasteiger partial charge in [-0.25, -0.2) is 4.98 Å². The van der Waals surface area contributed by atoms with Crippen molar-refractivity contribution in [3.63, 3.8) is 0 Å². The van der Waals surface area contributed by atoms with Crippen molar-refractivity contribution in [2.75, 3.05) is 0 Å². The summed E-state index contributed by atoms with van der Waals surface area (Å²) in [5.74, 6) is -0.388. The molecule has 4 rings (SSSR count). The van der Waals surface area contributed by atoms with Crippen molar-refractivity contribution in [1.82, 2.24) is 4.98 Å². The van der Waals surface area contributed by atoms with E-state index in [0.717, 1.165) is 11.1 Å². The molecule has 0 fully saturated rings. The van der Waals surface area contributed by atoms with E-state index in [2.05, 4.69) is 4.98 Å². The molecular formula is C26H26N2O3. The minimum atomic E-state index is -1.36. The molecule has 0 spiro atoms. The fraction of sp³-hybridized carbons (Fsp3) is 0.231. The van der Waals surface area contributed by atoms with Crippen molar-refractivity contribution >= 4 is 17.0 Å². The summed E-state index contributed by atoms with van der Waals surface area (Å²) in [4.78, 5) is 16.4. The van der Waals surface area contributed by atoms with Crippen LogP contribution in [-0.2, 0) is 16.8 Å². The van der Waals surface area contributed by atoms with Gasteiger partial charge in [0.15, 0.2) is 5.58 Å². The van der Waals surface area contributed by atoms with Crippen molar-refractivity contribution in [2.45, 2.75) is 37.2 Å². The quantitative estimate of drug-likeness (QED) is 0.415. The number of amides is 1. The molecule has 0 bridgehead atoms. The molecule has 2 unspecified atom stereocenters. The van der Waals surface area contributed by atoms with E-state index in [0.29, 0.717) is 23.9 Å². The summed E-state index contributed by atoms with van der Waals surface area (Å²) < 4.78 is 5.99. The second kappa shape index (κ2) is 9.14. The summed E-state index contributed by atoms with van der Waals surface area (Å²) >= 11 is 0. The number of aryl methyl sites for hydroxylation is 1. The lowest BCUT2D eigenvalue weighted by Crippen LogP contribution is -2.31. The lowest BCUT2D eigenvalue weighted by atomic mass is 9.80. The number of aromatic nitrogens is 1. The molecule has 2 atom stereocenters. The molecule has 0 radical (unpaired) electrons. The number of para-hydroxylation sites is 2. The SMILES string of the molecule is NC(=O)CC(CC(O)(CCc1ccccc1)c1nc2ccccc2o1)c1ccccc1. The van der Waals surface area contributed by atoms with Crippen molar-refractivity contribution in [2.24, 2.45) is 5.73 Å². The fourth-order valence-electron chi connectivity index (χ4n) is 4.05. The Morgan fingerprint density at radius 3 is 2.29 bits per heavy atom. The number of benzene rings is 3. The van der Waals surface area contributed by atoms with Crippen LogP contribution < -0.4 is 5.73 Å². The first kappa shape index (κ1) is 20.8. The number of rotatable bonds is 9. The number of nitrogens with two attached hydrogens (primary N) is 1. The molecule has 31 heavy (non-hydrogen) atoms. The molecule has 0 aliphatic carbocycles. The highest BCUT2D eigenvalue weighted by Gasteiger charge is 2.38. The van der Waals surface area contributed by atoms with Gasteiger partial charge in [0.25, 0.3) is 0 Å². The smallest absolute Gasteiger partial charge is 0.227 e. The van der Waals surface area contributed by atoms with E-state index in [4.69, 9.17) is 10.2 Å². The first-order chi connectivity index (χ1) is 15.0. The Bertz CT molecular complexity index is 1110. The maximum absolute atomic E-state index is 11.9. The average molecular weight is 415 g/mol. The third-order valence-electron chi connectivity index (χ3n) is 5.66. The normalized spacial score (nSPS) is 14.2. The summed E-state index contributed by atoms with van der Waals surface area (Å²) in [5, 5.41) is 11.9. The monoisotopic (exact) mass is 414 g/mol. The zero-order valence-corrected chi connectivity index (χ0v) is 17.3. The van der Waals surface area contributed by atoms with E-state index in [1.807, 2.05) is 84.9 Å². The molecule has 1 aromatic heterocycles. The maximum atomic E-state index is 11.9. The van der Waals surface area contributed by atoms with E-state index in [1.54, 1.807) is 0 Å². The van der Waals surface area contributed by atoms with E-state index >= 15 is 0 Å². The number of primary amides is 1. The molecule has 1 heterocycles. The minimum absolute atomic E-state index is 0.137. The van der Waals surface area contributed by atoms with E-state index in [-0.39, 0.29) is 24.7 Å². The number of fused-ring (bicyclic) bond motifs is 1. The Kier molecular flexibility index (Phi) is 6.14. The fourth-order valence-corrected chi connectivity index (χ4v) is 4.05. The lowest BCUT2D eigenvalue weighted by molar-refractivity contribution is -0.118. The molecule has 4 aromatic rings. The van der Waals surface area contributed by atoms with E-state index < -0.39 is 11.5 Å². The second-order valence-corrected chi connectivity index (χ2v) is 7.99. The van der Waals surface area contributed by atoms with Gasteiger partial charge in [0.2, 0.25) is 11.8 Å². The van der Waals surface area contributed by atoms with Crippen LogP contribution in [0, 0.1) is 0 Å². The van der Waals surface area contributed by atoms with Crippen LogP contribution in [0.1, 0.15) is 42.2 Å². The van der Waals surface area contributed by atoms with Gasteiger partial charge in [0.1, 0.15) is 11.1 Å². The van der Waals surface area contributed by atoms with Crippen LogP contribution in [0.5, 0.6) is 0 Å². The number of nitrogens with zero attached hydrogens (tertiary/aromatic N) is 1. The van der Waals surface area contributed by atoms with Gasteiger partial charge in [-0.2, -0.15) is 0 Å². The van der Waals surface area contributed by atoms with Crippen molar-refractivity contribution in [1.29, 1.82) is 0 Å². The minimum Gasteiger partial charge on any atom is -0.438 e. The van der Waals surface area contributed by atoms with Crippen LogP contribution in [0.15, 0.2) is 89.3 Å². The predicted octanol–water partition coefficient (Wildman–Crippen LogP) is 4.70. The molecule has 1 amide bonds. The number of hydrogen-bond acceptors (Lipinski definition) is 4. The molecule has 5 heteroatoms. The summed E-state index contributed by atoms with van der Waals surface area (Å²) in [6.07, 6.45) is 1.47. The summed E-state index contributed by atoms with van der Waals surface area (Å²) in [6.45, 7) is 0. The highest BCUT2D eigenvalue weighted by atomic mass is 16.4. The summed E-state index contributed by atoms with van der Waals surface area (Å²) in [6, 6.07) is 27.1. The van der Waals surface area contributed by atoms with Gasteiger partial charge in [-0.3, -0.25) is 4.79 Å². The summed E-state index contributed by atoms with van der Waals surface area (Å²) in [5.41, 5.74) is 7.59. The molecule has 0 saturated carbocycles. The summed E-state index contributed by atoms with van der Waals surface area (Å²) in [7, 11) is 0. The third kappa shape index (κ3) is 5.01. The topological polar surface area (TPSA) is 89.4 Å². The van der Waals surface area contributed by atoms with Crippen LogP contribution in [0.4, 0.5) is 0 Å². The Morgan fingerprint density at radius 1 is 0.968 bits per heavy atom. The van der Waals surface area contributed by atoms with Gasteiger partial charge in [-0.1, -0.05) is 72.8 Å². The number of oxazole rings is 1. The molecule has 0 aliphatic heterocycles. The predicted molar refractivity (Wildman–Crippen MR) is 120 cm³/mol. The molecule has 5 nitrogen and oxygen atoms in total. The largest absolute Gasteiger partial charge is 0.438 e. The number of carbonyl (C=O) groups excluding carboxylic acids is 1. The van der Waals surface area contributed by atoms with Gasteiger partial charge >= 0.3 is 0 Å². The van der Waals surface area contributed by atoms with Gasteiger partial charge in [0.05, 0.1) is 0 Å². The van der Waals surface area contributed by atoms with Gasteiger partial charge in [-0.05, 0) is 48.4 Å². The first-order valence-corrected chi connectivity index (χ1v) is 10.5. The highest BCUT2D eigenvalue weighted by molar-refractivity contribution is 5.75. The lowest BCUT2D eigenvalue weighted by Gasteiger charge is -2.29.